The SMILES string of the molecule is C[C@](N)(CCC(N)=O)C(=O)OC(=O)Cc1ccccc1. The van der Waals surface area contributed by atoms with Gasteiger partial charge in [0.2, 0.25) is 5.91 Å². The van der Waals surface area contributed by atoms with Gasteiger partial charge in [0.25, 0.3) is 0 Å². The van der Waals surface area contributed by atoms with E-state index in [1.165, 1.54) is 6.92 Å². The molecule has 0 aliphatic heterocycles. The zero-order valence-electron chi connectivity index (χ0n) is 11.3. The first-order valence-corrected chi connectivity index (χ1v) is 6.17. The Kier molecular flexibility index (Phi) is 5.40. The van der Waals surface area contributed by atoms with E-state index >= 15 is 0 Å². The topological polar surface area (TPSA) is 112 Å². The zero-order chi connectivity index (χ0) is 15.2. The fraction of sp³-hybridized carbons (Fsp3) is 0.357. The molecule has 1 aromatic rings. The minimum atomic E-state index is -1.42. The normalized spacial score (nSPS) is 13.3. The van der Waals surface area contributed by atoms with Crippen LogP contribution < -0.4 is 11.5 Å². The maximum Gasteiger partial charge on any atom is 0.333 e. The quantitative estimate of drug-likeness (QED) is 0.573. The number of carbonyl (C=O) groups is 3. The Labute approximate surface area is 117 Å². The Morgan fingerprint density at radius 1 is 1.20 bits per heavy atom. The number of amides is 1. The Hall–Kier alpha value is -2.21. The summed E-state index contributed by atoms with van der Waals surface area (Å²) in [4.78, 5) is 34.1. The smallest absolute Gasteiger partial charge is 0.333 e. The highest BCUT2D eigenvalue weighted by molar-refractivity contribution is 5.91. The molecule has 0 aliphatic rings. The molecule has 0 saturated heterocycles. The van der Waals surface area contributed by atoms with Crippen LogP contribution >= 0.6 is 0 Å². The second-order valence-corrected chi connectivity index (χ2v) is 4.81. The molecule has 1 atom stereocenters. The first kappa shape index (κ1) is 15.8. The van der Waals surface area contributed by atoms with Gasteiger partial charge in [0, 0.05) is 6.42 Å². The molecular formula is C14H18N2O4. The van der Waals surface area contributed by atoms with E-state index in [1.54, 1.807) is 24.3 Å². The van der Waals surface area contributed by atoms with Gasteiger partial charge in [-0.05, 0) is 18.9 Å². The summed E-state index contributed by atoms with van der Waals surface area (Å²) >= 11 is 0. The van der Waals surface area contributed by atoms with Gasteiger partial charge in [0.15, 0.2) is 0 Å². The van der Waals surface area contributed by atoms with Crippen molar-refractivity contribution >= 4 is 17.8 Å². The lowest BCUT2D eigenvalue weighted by atomic mass is 9.97. The largest absolute Gasteiger partial charge is 0.392 e. The first-order valence-electron chi connectivity index (χ1n) is 6.17. The fourth-order valence-electron chi connectivity index (χ4n) is 1.50. The molecule has 6 heteroatoms. The Bertz CT molecular complexity index is 497. The van der Waals surface area contributed by atoms with E-state index in [4.69, 9.17) is 16.2 Å². The molecule has 0 saturated carbocycles. The monoisotopic (exact) mass is 278 g/mol. The third-order valence-electron chi connectivity index (χ3n) is 2.75. The van der Waals surface area contributed by atoms with Crippen LogP contribution in [-0.4, -0.2) is 23.4 Å². The van der Waals surface area contributed by atoms with E-state index in [1.807, 2.05) is 6.07 Å². The third-order valence-corrected chi connectivity index (χ3v) is 2.75. The summed E-state index contributed by atoms with van der Waals surface area (Å²) in [6.45, 7) is 1.40. The third kappa shape index (κ3) is 5.19. The molecular weight excluding hydrogens is 260 g/mol. The van der Waals surface area contributed by atoms with Crippen molar-refractivity contribution in [2.24, 2.45) is 11.5 Å². The van der Waals surface area contributed by atoms with Crippen LogP contribution in [0, 0.1) is 0 Å². The molecule has 6 nitrogen and oxygen atoms in total. The molecule has 1 rings (SSSR count). The second-order valence-electron chi connectivity index (χ2n) is 4.81. The van der Waals surface area contributed by atoms with Gasteiger partial charge in [0.05, 0.1) is 6.42 Å². The van der Waals surface area contributed by atoms with Crippen LogP contribution in [0.2, 0.25) is 0 Å². The van der Waals surface area contributed by atoms with Crippen LogP contribution in [-0.2, 0) is 25.5 Å². The van der Waals surface area contributed by atoms with Crippen molar-refractivity contribution < 1.29 is 19.1 Å². The molecule has 0 aromatic heterocycles. The molecule has 0 radical (unpaired) electrons. The molecule has 0 spiro atoms. The number of carbonyl (C=O) groups excluding carboxylic acids is 3. The Morgan fingerprint density at radius 3 is 2.35 bits per heavy atom. The van der Waals surface area contributed by atoms with Gasteiger partial charge >= 0.3 is 11.9 Å². The van der Waals surface area contributed by atoms with Gasteiger partial charge in [0.1, 0.15) is 5.54 Å². The number of hydrogen-bond acceptors (Lipinski definition) is 5. The molecule has 4 N–H and O–H groups in total. The van der Waals surface area contributed by atoms with Crippen LogP contribution in [0.15, 0.2) is 30.3 Å². The minimum absolute atomic E-state index is 0.0154. The van der Waals surface area contributed by atoms with Crippen molar-refractivity contribution in [3.63, 3.8) is 0 Å². The highest BCUT2D eigenvalue weighted by Gasteiger charge is 2.32. The predicted molar refractivity (Wildman–Crippen MR) is 72.3 cm³/mol. The molecule has 0 bridgehead atoms. The molecule has 1 aromatic carbocycles. The lowest BCUT2D eigenvalue weighted by Crippen LogP contribution is -2.47. The summed E-state index contributed by atoms with van der Waals surface area (Å²) in [5.41, 5.74) is 10.0. The van der Waals surface area contributed by atoms with Gasteiger partial charge in [-0.3, -0.25) is 9.59 Å². The van der Waals surface area contributed by atoms with Crippen molar-refractivity contribution in [3.8, 4) is 0 Å². The predicted octanol–water partition coefficient (Wildman–Crippen LogP) is 0.282. The number of benzene rings is 1. The van der Waals surface area contributed by atoms with Gasteiger partial charge in [-0.25, -0.2) is 4.79 Å². The van der Waals surface area contributed by atoms with Crippen molar-refractivity contribution in [2.75, 3.05) is 0 Å². The van der Waals surface area contributed by atoms with Crippen LogP contribution in [0.25, 0.3) is 0 Å². The van der Waals surface area contributed by atoms with E-state index < -0.39 is 23.4 Å². The van der Waals surface area contributed by atoms with Crippen LogP contribution in [0.1, 0.15) is 25.3 Å². The van der Waals surface area contributed by atoms with Crippen molar-refractivity contribution in [1.29, 1.82) is 0 Å². The molecule has 20 heavy (non-hydrogen) atoms. The van der Waals surface area contributed by atoms with Gasteiger partial charge < -0.3 is 16.2 Å². The summed E-state index contributed by atoms with van der Waals surface area (Å²) in [5, 5.41) is 0. The zero-order valence-corrected chi connectivity index (χ0v) is 11.3. The van der Waals surface area contributed by atoms with Gasteiger partial charge in [-0.15, -0.1) is 0 Å². The maximum absolute atomic E-state index is 11.8. The highest BCUT2D eigenvalue weighted by atomic mass is 16.6. The summed E-state index contributed by atoms with van der Waals surface area (Å²) in [6, 6.07) is 8.89. The minimum Gasteiger partial charge on any atom is -0.392 e. The van der Waals surface area contributed by atoms with Crippen molar-refractivity contribution in [1.82, 2.24) is 0 Å². The lowest BCUT2D eigenvalue weighted by Gasteiger charge is -2.20. The van der Waals surface area contributed by atoms with Crippen molar-refractivity contribution in [2.45, 2.75) is 31.7 Å². The van der Waals surface area contributed by atoms with Crippen LogP contribution in [0.5, 0.6) is 0 Å². The molecule has 0 fully saturated rings. The average Bonchev–Trinajstić information content (AvgIpc) is 2.37. The van der Waals surface area contributed by atoms with Crippen LogP contribution in [0.4, 0.5) is 0 Å². The Morgan fingerprint density at radius 2 is 1.80 bits per heavy atom. The molecule has 1 amide bonds. The van der Waals surface area contributed by atoms with E-state index in [0.717, 1.165) is 5.56 Å². The van der Waals surface area contributed by atoms with Gasteiger partial charge in [-0.1, -0.05) is 30.3 Å². The van der Waals surface area contributed by atoms with E-state index in [0.29, 0.717) is 0 Å². The molecule has 0 unspecified atom stereocenters. The number of ether oxygens (including phenoxy) is 1. The number of rotatable bonds is 6. The molecule has 0 aliphatic carbocycles. The standard InChI is InChI=1S/C14H18N2O4/c1-14(16,8-7-11(15)17)13(19)20-12(18)9-10-5-3-2-4-6-10/h2-6H,7-9,16H2,1H3,(H2,15,17)/t14-/m0/s1. The van der Waals surface area contributed by atoms with Gasteiger partial charge in [-0.2, -0.15) is 0 Å². The average molecular weight is 278 g/mol. The molecule has 108 valence electrons. The fourth-order valence-corrected chi connectivity index (χ4v) is 1.50. The highest BCUT2D eigenvalue weighted by Crippen LogP contribution is 2.12. The first-order chi connectivity index (χ1) is 9.31. The summed E-state index contributed by atoms with van der Waals surface area (Å²) in [7, 11) is 0. The van der Waals surface area contributed by atoms with E-state index in [2.05, 4.69) is 0 Å². The Balaban J connectivity index is 2.52. The summed E-state index contributed by atoms with van der Waals surface area (Å²) in [5.74, 6) is -2.11. The number of primary amides is 1. The second kappa shape index (κ2) is 6.81. The summed E-state index contributed by atoms with van der Waals surface area (Å²) < 4.78 is 4.70. The van der Waals surface area contributed by atoms with E-state index in [-0.39, 0.29) is 19.3 Å². The number of hydrogen-bond donors (Lipinski definition) is 2. The number of nitrogens with two attached hydrogens (primary N) is 2. The van der Waals surface area contributed by atoms with Crippen molar-refractivity contribution in [3.05, 3.63) is 35.9 Å². The van der Waals surface area contributed by atoms with Crippen LogP contribution in [0.3, 0.4) is 0 Å². The lowest BCUT2D eigenvalue weighted by molar-refractivity contribution is -0.163. The summed E-state index contributed by atoms with van der Waals surface area (Å²) in [6.07, 6.45) is -0.0345. The van der Waals surface area contributed by atoms with E-state index in [9.17, 15) is 14.4 Å². The molecule has 0 heterocycles. The number of esters is 2. The maximum atomic E-state index is 11.8.